The summed E-state index contributed by atoms with van der Waals surface area (Å²) in [7, 11) is 0. The third-order valence-corrected chi connectivity index (χ3v) is 5.54. The van der Waals surface area contributed by atoms with Crippen LogP contribution < -0.4 is 0 Å². The fourth-order valence-electron chi connectivity index (χ4n) is 4.11. The molecule has 2 aromatic heterocycles. The molecule has 1 aliphatic rings. The second-order valence-electron chi connectivity index (χ2n) is 8.12. The molecule has 144 valence electrons. The van der Waals surface area contributed by atoms with E-state index in [1.165, 1.54) is 11.1 Å². The summed E-state index contributed by atoms with van der Waals surface area (Å²) in [6, 6.07) is 10.6. The molecular formula is C23H26N4O. The Morgan fingerprint density at radius 2 is 1.64 bits per heavy atom. The Labute approximate surface area is 165 Å². The summed E-state index contributed by atoms with van der Waals surface area (Å²) in [5.41, 5.74) is 6.75. The van der Waals surface area contributed by atoms with Crippen LogP contribution >= 0.6 is 0 Å². The first-order valence-electron chi connectivity index (χ1n) is 9.87. The summed E-state index contributed by atoms with van der Waals surface area (Å²) in [6.45, 7) is 10.2. The molecule has 5 heteroatoms. The third-order valence-electron chi connectivity index (χ3n) is 5.54. The fraction of sp³-hybridized carbons (Fsp3) is 0.391. The smallest absolute Gasteiger partial charge is 0.251 e. The first kappa shape index (κ1) is 18.5. The second kappa shape index (κ2) is 6.97. The predicted octanol–water partition coefficient (Wildman–Crippen LogP) is 4.62. The number of benzene rings is 1. The lowest BCUT2D eigenvalue weighted by atomic mass is 9.81. The van der Waals surface area contributed by atoms with Gasteiger partial charge in [-0.05, 0) is 56.2 Å². The predicted molar refractivity (Wildman–Crippen MR) is 109 cm³/mol. The quantitative estimate of drug-likeness (QED) is 0.671. The number of nitrogens with zero attached hydrogens (tertiary/aromatic N) is 4. The maximum absolute atomic E-state index is 12.9. The Morgan fingerprint density at radius 3 is 2.25 bits per heavy atom. The average molecular weight is 374 g/mol. The van der Waals surface area contributed by atoms with Crippen molar-refractivity contribution in [3.8, 4) is 5.95 Å². The fourth-order valence-corrected chi connectivity index (χ4v) is 4.11. The van der Waals surface area contributed by atoms with Crippen LogP contribution in [-0.2, 0) is 6.42 Å². The number of aryl methyl sites for hydroxylation is 3. The van der Waals surface area contributed by atoms with Crippen LogP contribution in [0.5, 0.6) is 0 Å². The number of carbonyl (C=O) groups excluding carboxylic acids is 1. The standard InChI is InChI=1S/C23H26N4O/c1-13(2)17-6-8-18(9-7-17)19-11-20-22(21(28)12-19)16(5)26-27(20)23-24-14(3)10-15(4)25-23/h6-10,13,19H,11-12H2,1-5H3. The number of ketones is 1. The van der Waals surface area contributed by atoms with Crippen molar-refractivity contribution in [1.29, 1.82) is 0 Å². The average Bonchev–Trinajstić information content (AvgIpc) is 2.98. The summed E-state index contributed by atoms with van der Waals surface area (Å²) >= 11 is 0. The van der Waals surface area contributed by atoms with E-state index in [1.54, 1.807) is 4.68 Å². The van der Waals surface area contributed by atoms with Gasteiger partial charge in [0.1, 0.15) is 0 Å². The number of Topliss-reactive ketones (excluding diaryl/α,β-unsaturated/α-hetero) is 1. The minimum absolute atomic E-state index is 0.155. The molecule has 5 nitrogen and oxygen atoms in total. The molecule has 0 saturated carbocycles. The van der Waals surface area contributed by atoms with E-state index < -0.39 is 0 Å². The van der Waals surface area contributed by atoms with Gasteiger partial charge in [0, 0.05) is 17.8 Å². The van der Waals surface area contributed by atoms with E-state index in [4.69, 9.17) is 0 Å². The lowest BCUT2D eigenvalue weighted by Gasteiger charge is -2.23. The number of carbonyl (C=O) groups is 1. The van der Waals surface area contributed by atoms with Crippen molar-refractivity contribution in [3.63, 3.8) is 0 Å². The van der Waals surface area contributed by atoms with Crippen LogP contribution in [-0.4, -0.2) is 25.5 Å². The van der Waals surface area contributed by atoms with Crippen molar-refractivity contribution in [2.75, 3.05) is 0 Å². The first-order chi connectivity index (χ1) is 13.3. The van der Waals surface area contributed by atoms with E-state index in [2.05, 4.69) is 53.2 Å². The zero-order chi connectivity index (χ0) is 20.0. The van der Waals surface area contributed by atoms with Crippen LogP contribution in [0, 0.1) is 20.8 Å². The maximum Gasteiger partial charge on any atom is 0.251 e. The highest BCUT2D eigenvalue weighted by Crippen LogP contribution is 2.35. The molecule has 28 heavy (non-hydrogen) atoms. The lowest BCUT2D eigenvalue weighted by Crippen LogP contribution is -2.21. The second-order valence-corrected chi connectivity index (χ2v) is 8.12. The van der Waals surface area contributed by atoms with Gasteiger partial charge in [0.15, 0.2) is 5.78 Å². The molecule has 4 rings (SSSR count). The van der Waals surface area contributed by atoms with Gasteiger partial charge in [0.05, 0.1) is 17.0 Å². The van der Waals surface area contributed by atoms with E-state index in [0.717, 1.165) is 34.8 Å². The van der Waals surface area contributed by atoms with Crippen molar-refractivity contribution < 1.29 is 4.79 Å². The van der Waals surface area contributed by atoms with Gasteiger partial charge in [-0.1, -0.05) is 38.1 Å². The van der Waals surface area contributed by atoms with E-state index >= 15 is 0 Å². The van der Waals surface area contributed by atoms with Crippen LogP contribution in [0.25, 0.3) is 5.95 Å². The Kier molecular flexibility index (Phi) is 4.61. The molecule has 1 aliphatic carbocycles. The van der Waals surface area contributed by atoms with Gasteiger partial charge in [-0.3, -0.25) is 4.79 Å². The number of hydrogen-bond donors (Lipinski definition) is 0. The Morgan fingerprint density at radius 1 is 1.00 bits per heavy atom. The topological polar surface area (TPSA) is 60.7 Å². The Hall–Kier alpha value is -2.82. The van der Waals surface area contributed by atoms with Crippen LogP contribution in [0.15, 0.2) is 30.3 Å². The van der Waals surface area contributed by atoms with Gasteiger partial charge in [0.25, 0.3) is 5.95 Å². The van der Waals surface area contributed by atoms with E-state index in [1.807, 2.05) is 26.8 Å². The van der Waals surface area contributed by atoms with Gasteiger partial charge >= 0.3 is 0 Å². The van der Waals surface area contributed by atoms with E-state index in [0.29, 0.717) is 18.3 Å². The molecule has 1 unspecified atom stereocenters. The third kappa shape index (κ3) is 3.26. The van der Waals surface area contributed by atoms with Crippen LogP contribution in [0.1, 0.15) is 76.4 Å². The molecule has 3 aromatic rings. The minimum atomic E-state index is 0.155. The number of hydrogen-bond acceptors (Lipinski definition) is 4. The van der Waals surface area contributed by atoms with Crippen LogP contribution in [0.4, 0.5) is 0 Å². The summed E-state index contributed by atoms with van der Waals surface area (Å²) < 4.78 is 1.78. The van der Waals surface area contributed by atoms with Crippen LogP contribution in [0.3, 0.4) is 0 Å². The van der Waals surface area contributed by atoms with Gasteiger partial charge < -0.3 is 0 Å². The molecule has 0 saturated heterocycles. The van der Waals surface area contributed by atoms with E-state index in [9.17, 15) is 4.79 Å². The minimum Gasteiger partial charge on any atom is -0.294 e. The molecule has 0 radical (unpaired) electrons. The van der Waals surface area contributed by atoms with Crippen molar-refractivity contribution in [3.05, 3.63) is 69.8 Å². The highest BCUT2D eigenvalue weighted by molar-refractivity contribution is 6.00. The number of rotatable bonds is 3. The summed E-state index contributed by atoms with van der Waals surface area (Å²) in [5, 5.41) is 4.63. The summed E-state index contributed by atoms with van der Waals surface area (Å²) in [4.78, 5) is 22.1. The molecule has 0 bridgehead atoms. The monoisotopic (exact) mass is 374 g/mol. The maximum atomic E-state index is 12.9. The zero-order valence-corrected chi connectivity index (χ0v) is 17.2. The van der Waals surface area contributed by atoms with Crippen molar-refractivity contribution >= 4 is 5.78 Å². The number of fused-ring (bicyclic) bond motifs is 1. The highest BCUT2D eigenvalue weighted by Gasteiger charge is 2.32. The molecule has 2 heterocycles. The molecule has 0 aliphatic heterocycles. The van der Waals surface area contributed by atoms with Crippen molar-refractivity contribution in [2.45, 2.75) is 59.3 Å². The Balaban J connectivity index is 1.75. The normalized spacial score (nSPS) is 16.5. The van der Waals surface area contributed by atoms with Gasteiger partial charge in [-0.25, -0.2) is 14.6 Å². The Bertz CT molecular complexity index is 1030. The van der Waals surface area contributed by atoms with Gasteiger partial charge in [-0.2, -0.15) is 5.10 Å². The highest BCUT2D eigenvalue weighted by atomic mass is 16.1. The SMILES string of the molecule is Cc1cc(C)nc(-n2nc(C)c3c2CC(c2ccc(C(C)C)cc2)CC3=O)n1. The molecule has 1 aromatic carbocycles. The summed E-state index contributed by atoms with van der Waals surface area (Å²) in [6.07, 6.45) is 1.29. The van der Waals surface area contributed by atoms with Crippen LogP contribution in [0.2, 0.25) is 0 Å². The van der Waals surface area contributed by atoms with Gasteiger partial charge in [0.2, 0.25) is 0 Å². The first-order valence-corrected chi connectivity index (χ1v) is 9.87. The molecule has 0 N–H and O–H groups in total. The van der Waals surface area contributed by atoms with E-state index in [-0.39, 0.29) is 11.7 Å². The van der Waals surface area contributed by atoms with Gasteiger partial charge in [-0.15, -0.1) is 0 Å². The molecule has 1 atom stereocenters. The molecule has 0 fully saturated rings. The van der Waals surface area contributed by atoms with Crippen molar-refractivity contribution in [1.82, 2.24) is 19.7 Å². The summed E-state index contributed by atoms with van der Waals surface area (Å²) in [5.74, 6) is 1.36. The molecule has 0 amide bonds. The van der Waals surface area contributed by atoms with Crippen molar-refractivity contribution in [2.24, 2.45) is 0 Å². The molecule has 0 spiro atoms. The number of aromatic nitrogens is 4. The molecular weight excluding hydrogens is 348 g/mol. The largest absolute Gasteiger partial charge is 0.294 e. The zero-order valence-electron chi connectivity index (χ0n) is 17.2. The lowest BCUT2D eigenvalue weighted by molar-refractivity contribution is 0.0963.